The summed E-state index contributed by atoms with van der Waals surface area (Å²) in [4.78, 5) is 12.2. The van der Waals surface area contributed by atoms with Crippen molar-refractivity contribution in [3.63, 3.8) is 0 Å². The molecule has 0 fully saturated rings. The first-order valence-corrected chi connectivity index (χ1v) is 6.49. The minimum atomic E-state index is -0.452. The number of hydrogen-bond donors (Lipinski definition) is 3. The van der Waals surface area contributed by atoms with Crippen molar-refractivity contribution in [3.05, 3.63) is 46.5 Å². The van der Waals surface area contributed by atoms with Crippen molar-refractivity contribution in [2.75, 3.05) is 11.9 Å². The number of halogens is 2. The van der Waals surface area contributed by atoms with Gasteiger partial charge in [0, 0.05) is 30.8 Å². The van der Waals surface area contributed by atoms with Gasteiger partial charge in [-0.25, -0.2) is 4.39 Å². The maximum absolute atomic E-state index is 13.7. The van der Waals surface area contributed by atoms with Gasteiger partial charge < -0.3 is 10.6 Å². The van der Waals surface area contributed by atoms with E-state index in [1.54, 1.807) is 12.1 Å². The van der Waals surface area contributed by atoms with Crippen LogP contribution in [-0.2, 0) is 13.0 Å². The third-order valence-corrected chi connectivity index (χ3v) is 3.39. The SMILES string of the molecule is Cc1ccc(F)c(NC(=O)c2n[nH]c3c2CNCC3)c1.Cl. The Labute approximate surface area is 127 Å². The number of hydrogen-bond acceptors (Lipinski definition) is 3. The lowest BCUT2D eigenvalue weighted by atomic mass is 10.1. The van der Waals surface area contributed by atoms with E-state index >= 15 is 0 Å². The van der Waals surface area contributed by atoms with Crippen molar-refractivity contribution >= 4 is 24.0 Å². The molecule has 1 aliphatic rings. The monoisotopic (exact) mass is 310 g/mol. The highest BCUT2D eigenvalue weighted by atomic mass is 35.5. The van der Waals surface area contributed by atoms with Crippen molar-refractivity contribution in [1.29, 1.82) is 0 Å². The normalized spacial score (nSPS) is 13.2. The van der Waals surface area contributed by atoms with Gasteiger partial charge in [0.15, 0.2) is 5.69 Å². The molecular weight excluding hydrogens is 295 g/mol. The summed E-state index contributed by atoms with van der Waals surface area (Å²) in [6.45, 7) is 3.31. The zero-order chi connectivity index (χ0) is 14.1. The Morgan fingerprint density at radius 3 is 3.05 bits per heavy atom. The molecule has 0 radical (unpaired) electrons. The van der Waals surface area contributed by atoms with Crippen LogP contribution in [0.4, 0.5) is 10.1 Å². The molecule has 1 aromatic carbocycles. The summed E-state index contributed by atoms with van der Waals surface area (Å²) in [5.74, 6) is -0.845. The summed E-state index contributed by atoms with van der Waals surface area (Å²) < 4.78 is 13.7. The molecule has 0 bridgehead atoms. The highest BCUT2D eigenvalue weighted by molar-refractivity contribution is 6.04. The summed E-state index contributed by atoms with van der Waals surface area (Å²) in [5, 5.41) is 12.7. The maximum atomic E-state index is 13.7. The predicted molar refractivity (Wildman–Crippen MR) is 80.3 cm³/mol. The van der Waals surface area contributed by atoms with Crippen molar-refractivity contribution in [2.45, 2.75) is 19.9 Å². The largest absolute Gasteiger partial charge is 0.318 e. The van der Waals surface area contributed by atoms with Gasteiger partial charge >= 0.3 is 0 Å². The van der Waals surface area contributed by atoms with Crippen LogP contribution in [0.25, 0.3) is 0 Å². The van der Waals surface area contributed by atoms with E-state index in [1.165, 1.54) is 6.07 Å². The van der Waals surface area contributed by atoms with Crippen LogP contribution < -0.4 is 10.6 Å². The molecule has 7 heteroatoms. The molecule has 21 heavy (non-hydrogen) atoms. The summed E-state index contributed by atoms with van der Waals surface area (Å²) >= 11 is 0. The molecule has 3 N–H and O–H groups in total. The number of nitrogens with zero attached hydrogens (tertiary/aromatic N) is 1. The van der Waals surface area contributed by atoms with Crippen molar-refractivity contribution in [3.8, 4) is 0 Å². The summed E-state index contributed by atoms with van der Waals surface area (Å²) in [7, 11) is 0. The van der Waals surface area contributed by atoms with E-state index in [1.807, 2.05) is 6.92 Å². The quantitative estimate of drug-likeness (QED) is 0.796. The number of aromatic nitrogens is 2. The number of H-pyrrole nitrogens is 1. The van der Waals surface area contributed by atoms with Gasteiger partial charge in [0.25, 0.3) is 5.91 Å². The lowest BCUT2D eigenvalue weighted by Crippen LogP contribution is -2.25. The van der Waals surface area contributed by atoms with Crippen LogP contribution >= 0.6 is 12.4 Å². The minimum absolute atomic E-state index is 0. The minimum Gasteiger partial charge on any atom is -0.318 e. The number of nitrogens with one attached hydrogen (secondary N) is 3. The molecule has 5 nitrogen and oxygen atoms in total. The summed E-state index contributed by atoms with van der Waals surface area (Å²) in [6.07, 6.45) is 0.814. The van der Waals surface area contributed by atoms with Crippen LogP contribution in [0.15, 0.2) is 18.2 Å². The zero-order valence-corrected chi connectivity index (χ0v) is 12.3. The third kappa shape index (κ3) is 3.06. The van der Waals surface area contributed by atoms with Gasteiger partial charge in [-0.1, -0.05) is 6.07 Å². The standard InChI is InChI=1S/C14H15FN4O.ClH/c1-8-2-3-10(15)12(6-8)17-14(20)13-9-7-16-5-4-11(9)18-19-13;/h2-3,6,16H,4-5,7H2,1H3,(H,17,20)(H,18,19);1H. The maximum Gasteiger partial charge on any atom is 0.276 e. The molecular formula is C14H16ClFN4O. The Balaban J connectivity index is 0.00000161. The molecule has 3 rings (SSSR count). The number of benzene rings is 1. The van der Waals surface area contributed by atoms with Crippen molar-refractivity contribution in [2.24, 2.45) is 0 Å². The van der Waals surface area contributed by atoms with Gasteiger partial charge in [0.05, 0.1) is 5.69 Å². The van der Waals surface area contributed by atoms with Crippen LogP contribution in [-0.4, -0.2) is 22.6 Å². The van der Waals surface area contributed by atoms with E-state index in [4.69, 9.17) is 0 Å². The van der Waals surface area contributed by atoms with Gasteiger partial charge in [-0.15, -0.1) is 12.4 Å². The second kappa shape index (κ2) is 6.24. The van der Waals surface area contributed by atoms with E-state index in [-0.39, 0.29) is 18.1 Å². The van der Waals surface area contributed by atoms with Crippen LogP contribution in [0.5, 0.6) is 0 Å². The van der Waals surface area contributed by atoms with Crippen LogP contribution in [0.1, 0.15) is 27.3 Å². The highest BCUT2D eigenvalue weighted by Gasteiger charge is 2.22. The molecule has 1 aromatic heterocycles. The fraction of sp³-hybridized carbons (Fsp3) is 0.286. The molecule has 0 atom stereocenters. The Hall–Kier alpha value is -1.92. The zero-order valence-electron chi connectivity index (χ0n) is 11.5. The number of aryl methyl sites for hydroxylation is 1. The van der Waals surface area contributed by atoms with Crippen LogP contribution in [0.2, 0.25) is 0 Å². The molecule has 0 aliphatic carbocycles. The number of rotatable bonds is 2. The Morgan fingerprint density at radius 2 is 2.24 bits per heavy atom. The van der Waals surface area contributed by atoms with Gasteiger partial charge in [0.2, 0.25) is 0 Å². The number of aromatic amines is 1. The number of amides is 1. The molecule has 0 spiro atoms. The second-order valence-corrected chi connectivity index (χ2v) is 4.89. The molecule has 0 saturated heterocycles. The summed E-state index contributed by atoms with van der Waals surface area (Å²) in [6, 6.07) is 4.60. The number of fused-ring (bicyclic) bond motifs is 1. The Kier molecular flexibility index (Phi) is 4.59. The molecule has 2 aromatic rings. The Bertz CT molecular complexity index is 671. The van der Waals surface area contributed by atoms with Crippen LogP contribution in [0.3, 0.4) is 0 Å². The van der Waals surface area contributed by atoms with Gasteiger partial charge in [-0.2, -0.15) is 5.10 Å². The average Bonchev–Trinajstić information content (AvgIpc) is 2.87. The predicted octanol–water partition coefficient (Wildman–Crippen LogP) is 2.18. The summed E-state index contributed by atoms with van der Waals surface area (Å²) in [5.41, 5.74) is 3.22. The van der Waals surface area contributed by atoms with Crippen molar-refractivity contribution < 1.29 is 9.18 Å². The molecule has 1 aliphatic heterocycles. The van der Waals surface area contributed by atoms with Crippen molar-refractivity contribution in [1.82, 2.24) is 15.5 Å². The lowest BCUT2D eigenvalue weighted by Gasteiger charge is -2.13. The van der Waals surface area contributed by atoms with E-state index < -0.39 is 11.7 Å². The fourth-order valence-corrected chi connectivity index (χ4v) is 2.33. The lowest BCUT2D eigenvalue weighted by molar-refractivity contribution is 0.102. The average molecular weight is 311 g/mol. The Morgan fingerprint density at radius 1 is 1.43 bits per heavy atom. The number of carbonyl (C=O) groups excluding carboxylic acids is 1. The van der Waals surface area contributed by atoms with E-state index in [0.717, 1.165) is 29.8 Å². The van der Waals surface area contributed by atoms with E-state index in [9.17, 15) is 9.18 Å². The van der Waals surface area contributed by atoms with Gasteiger partial charge in [0.1, 0.15) is 5.82 Å². The number of anilines is 1. The number of carbonyl (C=O) groups is 1. The second-order valence-electron chi connectivity index (χ2n) is 4.89. The first-order valence-electron chi connectivity index (χ1n) is 6.49. The third-order valence-electron chi connectivity index (χ3n) is 3.39. The molecule has 112 valence electrons. The van der Waals surface area contributed by atoms with Gasteiger partial charge in [-0.3, -0.25) is 9.89 Å². The molecule has 2 heterocycles. The van der Waals surface area contributed by atoms with E-state index in [0.29, 0.717) is 12.2 Å². The first-order chi connectivity index (χ1) is 9.65. The van der Waals surface area contributed by atoms with Crippen LogP contribution in [0, 0.1) is 12.7 Å². The topological polar surface area (TPSA) is 69.8 Å². The van der Waals surface area contributed by atoms with Gasteiger partial charge in [-0.05, 0) is 24.6 Å². The molecule has 0 unspecified atom stereocenters. The molecule has 0 saturated carbocycles. The first kappa shape index (κ1) is 15.5. The van der Waals surface area contributed by atoms with E-state index in [2.05, 4.69) is 20.8 Å². The molecule has 1 amide bonds. The smallest absolute Gasteiger partial charge is 0.276 e. The fourth-order valence-electron chi connectivity index (χ4n) is 2.33. The highest BCUT2D eigenvalue weighted by Crippen LogP contribution is 2.19.